The summed E-state index contributed by atoms with van der Waals surface area (Å²) in [7, 11) is 0. The lowest BCUT2D eigenvalue weighted by Crippen LogP contribution is -2.14. The first kappa shape index (κ1) is 9.45. The van der Waals surface area contributed by atoms with E-state index in [1.54, 1.807) is 0 Å². The highest BCUT2D eigenvalue weighted by atomic mass is 16.4. The first-order valence-corrected chi connectivity index (χ1v) is 5.11. The highest BCUT2D eigenvalue weighted by Crippen LogP contribution is 2.22. The molecule has 1 aromatic heterocycles. The maximum absolute atomic E-state index is 5.61. The zero-order valence-corrected chi connectivity index (χ0v) is 8.36. The van der Waals surface area contributed by atoms with Crippen molar-refractivity contribution in [1.82, 2.24) is 10.2 Å². The monoisotopic (exact) mass is 196 g/mol. The van der Waals surface area contributed by atoms with E-state index in [0.717, 1.165) is 0 Å². The zero-order chi connectivity index (χ0) is 9.97. The van der Waals surface area contributed by atoms with E-state index in [-0.39, 0.29) is 6.04 Å². The van der Waals surface area contributed by atoms with Crippen LogP contribution >= 0.6 is 0 Å². The van der Waals surface area contributed by atoms with Gasteiger partial charge in [-0.3, -0.25) is 0 Å². The second-order valence-electron chi connectivity index (χ2n) is 3.86. The Labute approximate surface area is 83.1 Å². The van der Waals surface area contributed by atoms with Gasteiger partial charge in [0.05, 0.1) is 6.04 Å². The van der Waals surface area contributed by atoms with E-state index in [0.29, 0.717) is 17.9 Å². The average Bonchev–Trinajstić information content (AvgIpc) is 2.75. The average molecular weight is 196 g/mol. The van der Waals surface area contributed by atoms with Crippen molar-refractivity contribution >= 4 is 6.01 Å². The summed E-state index contributed by atoms with van der Waals surface area (Å²) in [5, 5.41) is 11.0. The molecular weight excluding hydrogens is 180 g/mol. The molecule has 5 heteroatoms. The Hall–Kier alpha value is -1.10. The Morgan fingerprint density at radius 3 is 2.71 bits per heavy atom. The van der Waals surface area contributed by atoms with Gasteiger partial charge in [0.25, 0.3) is 0 Å². The molecule has 0 aliphatic heterocycles. The van der Waals surface area contributed by atoms with Crippen LogP contribution in [0.2, 0.25) is 0 Å². The first-order valence-electron chi connectivity index (χ1n) is 5.11. The molecule has 0 saturated heterocycles. The van der Waals surface area contributed by atoms with E-state index in [9.17, 15) is 0 Å². The number of nitrogens with two attached hydrogens (primary N) is 1. The Bertz CT molecular complexity index is 291. The fraction of sp³-hybridized carbons (Fsp3) is 0.778. The number of rotatable bonds is 3. The van der Waals surface area contributed by atoms with E-state index in [2.05, 4.69) is 15.5 Å². The van der Waals surface area contributed by atoms with Crippen molar-refractivity contribution in [3.8, 4) is 0 Å². The number of anilines is 1. The van der Waals surface area contributed by atoms with Gasteiger partial charge < -0.3 is 15.5 Å². The minimum absolute atomic E-state index is 0.193. The molecule has 0 amide bonds. The van der Waals surface area contributed by atoms with Crippen LogP contribution < -0.4 is 11.1 Å². The summed E-state index contributed by atoms with van der Waals surface area (Å²) < 4.78 is 5.35. The molecule has 2 rings (SSSR count). The third-order valence-corrected chi connectivity index (χ3v) is 2.51. The molecule has 1 atom stereocenters. The molecule has 0 bridgehead atoms. The second kappa shape index (κ2) is 3.96. The summed E-state index contributed by atoms with van der Waals surface area (Å²) in [5.41, 5.74) is 5.61. The molecule has 3 N–H and O–H groups in total. The highest BCUT2D eigenvalue weighted by molar-refractivity contribution is 5.20. The van der Waals surface area contributed by atoms with Gasteiger partial charge in [-0.2, -0.15) is 0 Å². The van der Waals surface area contributed by atoms with Gasteiger partial charge in [0.2, 0.25) is 5.89 Å². The molecule has 1 aromatic rings. The molecule has 0 aromatic carbocycles. The summed E-state index contributed by atoms with van der Waals surface area (Å²) in [4.78, 5) is 0. The van der Waals surface area contributed by atoms with Crippen LogP contribution in [0.4, 0.5) is 6.01 Å². The molecular formula is C9H16N4O. The molecule has 0 spiro atoms. The molecule has 1 aliphatic rings. The van der Waals surface area contributed by atoms with Gasteiger partial charge in [-0.25, -0.2) is 0 Å². The normalized spacial score (nSPS) is 19.9. The smallest absolute Gasteiger partial charge is 0.315 e. The molecule has 1 fully saturated rings. The van der Waals surface area contributed by atoms with Crippen molar-refractivity contribution in [3.63, 3.8) is 0 Å². The van der Waals surface area contributed by atoms with Gasteiger partial charge in [0.15, 0.2) is 0 Å². The van der Waals surface area contributed by atoms with Crippen LogP contribution in [-0.4, -0.2) is 16.2 Å². The minimum atomic E-state index is -0.193. The van der Waals surface area contributed by atoms with Crippen molar-refractivity contribution in [2.45, 2.75) is 44.7 Å². The molecule has 1 unspecified atom stereocenters. The van der Waals surface area contributed by atoms with E-state index in [1.807, 2.05) is 6.92 Å². The molecule has 5 nitrogen and oxygen atoms in total. The van der Waals surface area contributed by atoms with Gasteiger partial charge in [-0.15, -0.1) is 5.10 Å². The predicted molar refractivity (Wildman–Crippen MR) is 52.8 cm³/mol. The lowest BCUT2D eigenvalue weighted by Gasteiger charge is -2.07. The van der Waals surface area contributed by atoms with Gasteiger partial charge >= 0.3 is 6.01 Å². The van der Waals surface area contributed by atoms with Crippen molar-refractivity contribution in [1.29, 1.82) is 0 Å². The maximum Gasteiger partial charge on any atom is 0.315 e. The standard InChI is InChI=1S/C9H16N4O/c1-6(10)8-12-13-9(14-8)11-7-4-2-3-5-7/h6-7H,2-5,10H2,1H3,(H,11,13). The number of nitrogens with one attached hydrogen (secondary N) is 1. The zero-order valence-electron chi connectivity index (χ0n) is 8.36. The number of nitrogens with zero attached hydrogens (tertiary/aromatic N) is 2. The largest absolute Gasteiger partial charge is 0.406 e. The molecule has 1 aliphatic carbocycles. The molecule has 1 saturated carbocycles. The van der Waals surface area contributed by atoms with Crippen LogP contribution in [0.5, 0.6) is 0 Å². The Balaban J connectivity index is 1.95. The predicted octanol–water partition coefficient (Wildman–Crippen LogP) is 1.44. The summed E-state index contributed by atoms with van der Waals surface area (Å²) in [6.45, 7) is 1.83. The fourth-order valence-corrected chi connectivity index (χ4v) is 1.72. The van der Waals surface area contributed by atoms with Crippen molar-refractivity contribution < 1.29 is 4.42 Å². The highest BCUT2D eigenvalue weighted by Gasteiger charge is 2.17. The van der Waals surface area contributed by atoms with E-state index >= 15 is 0 Å². The summed E-state index contributed by atoms with van der Waals surface area (Å²) in [6, 6.07) is 0.808. The Morgan fingerprint density at radius 2 is 2.14 bits per heavy atom. The minimum Gasteiger partial charge on any atom is -0.406 e. The lowest BCUT2D eigenvalue weighted by atomic mass is 10.3. The summed E-state index contributed by atoms with van der Waals surface area (Å²) in [5.74, 6) is 0.491. The first-order chi connectivity index (χ1) is 6.75. The second-order valence-corrected chi connectivity index (χ2v) is 3.86. The topological polar surface area (TPSA) is 77.0 Å². The van der Waals surface area contributed by atoms with Crippen LogP contribution in [-0.2, 0) is 0 Å². The summed E-state index contributed by atoms with van der Waals surface area (Å²) in [6.07, 6.45) is 4.95. The van der Waals surface area contributed by atoms with E-state index in [4.69, 9.17) is 10.2 Å². The third-order valence-electron chi connectivity index (χ3n) is 2.51. The fourth-order valence-electron chi connectivity index (χ4n) is 1.72. The quantitative estimate of drug-likeness (QED) is 0.765. The van der Waals surface area contributed by atoms with Crippen molar-refractivity contribution in [2.75, 3.05) is 5.32 Å². The van der Waals surface area contributed by atoms with Crippen LogP contribution in [0.25, 0.3) is 0 Å². The Morgan fingerprint density at radius 1 is 1.43 bits per heavy atom. The number of hydrogen-bond donors (Lipinski definition) is 2. The van der Waals surface area contributed by atoms with Gasteiger partial charge in [0.1, 0.15) is 0 Å². The molecule has 78 valence electrons. The number of hydrogen-bond acceptors (Lipinski definition) is 5. The number of aromatic nitrogens is 2. The molecule has 0 radical (unpaired) electrons. The lowest BCUT2D eigenvalue weighted by molar-refractivity contribution is 0.468. The van der Waals surface area contributed by atoms with Crippen molar-refractivity contribution in [2.24, 2.45) is 5.73 Å². The summed E-state index contributed by atoms with van der Waals surface area (Å²) >= 11 is 0. The SMILES string of the molecule is CC(N)c1nnc(NC2CCCC2)o1. The Kier molecular flexibility index (Phi) is 2.67. The maximum atomic E-state index is 5.61. The van der Waals surface area contributed by atoms with Crippen LogP contribution in [0, 0.1) is 0 Å². The molecule has 14 heavy (non-hydrogen) atoms. The third kappa shape index (κ3) is 2.04. The van der Waals surface area contributed by atoms with Crippen LogP contribution in [0.1, 0.15) is 44.5 Å². The van der Waals surface area contributed by atoms with Gasteiger partial charge in [0, 0.05) is 6.04 Å². The van der Waals surface area contributed by atoms with Crippen LogP contribution in [0.15, 0.2) is 4.42 Å². The van der Waals surface area contributed by atoms with Crippen LogP contribution in [0.3, 0.4) is 0 Å². The van der Waals surface area contributed by atoms with Gasteiger partial charge in [-0.05, 0) is 19.8 Å². The van der Waals surface area contributed by atoms with Crippen molar-refractivity contribution in [3.05, 3.63) is 5.89 Å². The van der Waals surface area contributed by atoms with E-state index < -0.39 is 0 Å². The van der Waals surface area contributed by atoms with Gasteiger partial charge in [-0.1, -0.05) is 17.9 Å². The molecule has 1 heterocycles. The van der Waals surface area contributed by atoms with E-state index in [1.165, 1.54) is 25.7 Å².